The summed E-state index contributed by atoms with van der Waals surface area (Å²) in [6, 6.07) is 13.2. The van der Waals surface area contributed by atoms with Crippen molar-refractivity contribution in [2.24, 2.45) is 0 Å². The molecule has 0 unspecified atom stereocenters. The van der Waals surface area contributed by atoms with Gasteiger partial charge in [-0.15, -0.1) is 0 Å². The highest BCUT2D eigenvalue weighted by atomic mass is 35.5. The van der Waals surface area contributed by atoms with Gasteiger partial charge in [-0.25, -0.2) is 8.42 Å². The molecule has 0 saturated heterocycles. The van der Waals surface area contributed by atoms with Crippen LogP contribution in [0.2, 0.25) is 5.02 Å². The van der Waals surface area contributed by atoms with Crippen molar-refractivity contribution >= 4 is 38.2 Å². The van der Waals surface area contributed by atoms with Crippen LogP contribution < -0.4 is 4.72 Å². The van der Waals surface area contributed by atoms with E-state index in [2.05, 4.69) is 35.4 Å². The lowest BCUT2D eigenvalue weighted by atomic mass is 10.0. The molecule has 0 aliphatic heterocycles. The number of sulfonamides is 1. The van der Waals surface area contributed by atoms with Crippen LogP contribution in [-0.4, -0.2) is 19.2 Å². The molecule has 2 aromatic carbocycles. The molecule has 0 aliphatic rings. The standard InChI is InChI=1S/C20H20ClN3O2S/c1-4-13(2)24-12-18(14-5-6-15(11-22)19(21)9-14)17-8-7-16(10-20(17)24)23-27(3,25)26/h5-10,12-13,23H,4H2,1-3H3/t13-/m0/s1. The van der Waals surface area contributed by atoms with Gasteiger partial charge in [0.15, 0.2) is 0 Å². The zero-order chi connectivity index (χ0) is 19.8. The molecule has 1 atom stereocenters. The van der Waals surface area contributed by atoms with E-state index in [0.717, 1.165) is 34.7 Å². The van der Waals surface area contributed by atoms with Crippen LogP contribution in [0.3, 0.4) is 0 Å². The number of benzene rings is 2. The van der Waals surface area contributed by atoms with Crippen molar-refractivity contribution in [2.75, 3.05) is 11.0 Å². The maximum absolute atomic E-state index is 11.6. The van der Waals surface area contributed by atoms with Gasteiger partial charge in [0.25, 0.3) is 0 Å². The number of halogens is 1. The molecule has 5 nitrogen and oxygen atoms in total. The molecule has 7 heteroatoms. The third-order valence-electron chi connectivity index (χ3n) is 4.60. The van der Waals surface area contributed by atoms with Crippen LogP contribution in [0.5, 0.6) is 0 Å². The highest BCUT2D eigenvalue weighted by Gasteiger charge is 2.16. The predicted molar refractivity (Wildman–Crippen MR) is 111 cm³/mol. The van der Waals surface area contributed by atoms with Crippen molar-refractivity contribution in [1.29, 1.82) is 5.26 Å². The number of rotatable bonds is 5. The van der Waals surface area contributed by atoms with E-state index in [4.69, 9.17) is 16.9 Å². The average Bonchev–Trinajstić information content (AvgIpc) is 2.98. The second kappa shape index (κ2) is 7.26. The van der Waals surface area contributed by atoms with Crippen LogP contribution in [0.1, 0.15) is 31.9 Å². The first-order chi connectivity index (χ1) is 12.7. The Morgan fingerprint density at radius 2 is 2.00 bits per heavy atom. The first kappa shape index (κ1) is 19.3. The molecule has 0 aliphatic carbocycles. The van der Waals surface area contributed by atoms with Crippen LogP contribution in [0.15, 0.2) is 42.6 Å². The molecule has 3 rings (SSSR count). The van der Waals surface area contributed by atoms with Crippen molar-refractivity contribution in [1.82, 2.24) is 4.57 Å². The Balaban J connectivity index is 2.22. The lowest BCUT2D eigenvalue weighted by Gasteiger charge is -2.13. The summed E-state index contributed by atoms with van der Waals surface area (Å²) in [6.45, 7) is 4.22. The molecule has 3 aromatic rings. The van der Waals surface area contributed by atoms with Gasteiger partial charge in [-0.05, 0) is 43.2 Å². The summed E-state index contributed by atoms with van der Waals surface area (Å²) < 4.78 is 27.8. The first-order valence-corrected chi connectivity index (χ1v) is 10.8. The van der Waals surface area contributed by atoms with Crippen molar-refractivity contribution in [3.63, 3.8) is 0 Å². The molecule has 1 heterocycles. The fraction of sp³-hybridized carbons (Fsp3) is 0.250. The summed E-state index contributed by atoms with van der Waals surface area (Å²) in [5.41, 5.74) is 3.80. The molecular weight excluding hydrogens is 382 g/mol. The quantitative estimate of drug-likeness (QED) is 0.640. The van der Waals surface area contributed by atoms with Gasteiger partial charge in [0.1, 0.15) is 6.07 Å². The number of hydrogen-bond donors (Lipinski definition) is 1. The molecule has 1 aromatic heterocycles. The Morgan fingerprint density at radius 1 is 1.26 bits per heavy atom. The van der Waals surface area contributed by atoms with E-state index < -0.39 is 10.0 Å². The number of anilines is 1. The van der Waals surface area contributed by atoms with E-state index in [9.17, 15) is 8.42 Å². The summed E-state index contributed by atoms with van der Waals surface area (Å²) in [6.07, 6.45) is 4.12. The molecule has 1 N–H and O–H groups in total. The molecular formula is C20H20ClN3O2S. The van der Waals surface area contributed by atoms with Gasteiger partial charge in [0, 0.05) is 23.2 Å². The number of nitrogens with one attached hydrogen (secondary N) is 1. The molecule has 140 valence electrons. The summed E-state index contributed by atoms with van der Waals surface area (Å²) >= 11 is 6.22. The van der Waals surface area contributed by atoms with Crippen molar-refractivity contribution in [2.45, 2.75) is 26.3 Å². The largest absolute Gasteiger partial charge is 0.344 e. The zero-order valence-corrected chi connectivity index (χ0v) is 16.9. The Hall–Kier alpha value is -2.49. The van der Waals surface area contributed by atoms with Gasteiger partial charge < -0.3 is 4.57 Å². The third kappa shape index (κ3) is 3.95. The van der Waals surface area contributed by atoms with Crippen LogP contribution in [0.4, 0.5) is 5.69 Å². The Bertz CT molecular complexity index is 1160. The summed E-state index contributed by atoms with van der Waals surface area (Å²) in [4.78, 5) is 0. The number of hydrogen-bond acceptors (Lipinski definition) is 3. The molecule has 0 saturated carbocycles. The predicted octanol–water partition coefficient (Wildman–Crippen LogP) is 5.18. The van der Waals surface area contributed by atoms with Crippen LogP contribution >= 0.6 is 11.6 Å². The fourth-order valence-electron chi connectivity index (χ4n) is 3.09. The lowest BCUT2D eigenvalue weighted by Crippen LogP contribution is -2.09. The minimum absolute atomic E-state index is 0.239. The molecule has 27 heavy (non-hydrogen) atoms. The molecule has 0 radical (unpaired) electrons. The minimum atomic E-state index is -3.35. The van der Waals surface area contributed by atoms with Crippen molar-refractivity contribution in [3.8, 4) is 17.2 Å². The van der Waals surface area contributed by atoms with Crippen molar-refractivity contribution in [3.05, 3.63) is 53.2 Å². The van der Waals surface area contributed by atoms with Gasteiger partial charge in [0.2, 0.25) is 10.0 Å². The Labute approximate surface area is 164 Å². The van der Waals surface area contributed by atoms with Crippen LogP contribution in [-0.2, 0) is 10.0 Å². The Kier molecular flexibility index (Phi) is 5.18. The van der Waals surface area contributed by atoms with Gasteiger partial charge in [-0.1, -0.05) is 30.7 Å². The van der Waals surface area contributed by atoms with Gasteiger partial charge in [-0.3, -0.25) is 4.72 Å². The second-order valence-corrected chi connectivity index (χ2v) is 8.78. The van der Waals surface area contributed by atoms with Gasteiger partial charge in [-0.2, -0.15) is 5.26 Å². The maximum atomic E-state index is 11.6. The number of nitriles is 1. The Morgan fingerprint density at radius 3 is 2.59 bits per heavy atom. The fourth-order valence-corrected chi connectivity index (χ4v) is 3.87. The highest BCUT2D eigenvalue weighted by Crippen LogP contribution is 2.36. The van der Waals surface area contributed by atoms with Gasteiger partial charge in [0.05, 0.1) is 28.0 Å². The normalized spacial score (nSPS) is 12.7. The van der Waals surface area contributed by atoms with E-state index in [0.29, 0.717) is 16.3 Å². The zero-order valence-electron chi connectivity index (χ0n) is 15.3. The number of aromatic nitrogens is 1. The molecule has 0 spiro atoms. The number of nitrogens with zero attached hydrogens (tertiary/aromatic N) is 2. The van der Waals surface area contributed by atoms with E-state index in [1.165, 1.54) is 0 Å². The second-order valence-electron chi connectivity index (χ2n) is 6.62. The van der Waals surface area contributed by atoms with Gasteiger partial charge >= 0.3 is 0 Å². The topological polar surface area (TPSA) is 74.9 Å². The summed E-state index contributed by atoms with van der Waals surface area (Å²) in [5.74, 6) is 0. The molecule has 0 amide bonds. The average molecular weight is 402 g/mol. The van der Waals surface area contributed by atoms with E-state index in [1.54, 1.807) is 18.2 Å². The van der Waals surface area contributed by atoms with E-state index >= 15 is 0 Å². The van der Waals surface area contributed by atoms with Crippen molar-refractivity contribution < 1.29 is 8.42 Å². The first-order valence-electron chi connectivity index (χ1n) is 8.56. The molecule has 0 fully saturated rings. The smallest absolute Gasteiger partial charge is 0.229 e. The monoisotopic (exact) mass is 401 g/mol. The summed E-state index contributed by atoms with van der Waals surface area (Å²) in [5, 5.41) is 10.5. The molecule has 0 bridgehead atoms. The van der Waals surface area contributed by atoms with E-state index in [-0.39, 0.29) is 6.04 Å². The minimum Gasteiger partial charge on any atom is -0.344 e. The highest BCUT2D eigenvalue weighted by molar-refractivity contribution is 7.92. The number of fused-ring (bicyclic) bond motifs is 1. The maximum Gasteiger partial charge on any atom is 0.229 e. The van der Waals surface area contributed by atoms with E-state index in [1.807, 2.05) is 18.2 Å². The SMILES string of the molecule is CC[C@H](C)n1cc(-c2ccc(C#N)c(Cl)c2)c2ccc(NS(C)(=O)=O)cc21. The third-order valence-corrected chi connectivity index (χ3v) is 5.52. The summed E-state index contributed by atoms with van der Waals surface area (Å²) in [7, 11) is -3.35. The van der Waals surface area contributed by atoms with Crippen LogP contribution in [0, 0.1) is 11.3 Å². The van der Waals surface area contributed by atoms with Crippen LogP contribution in [0.25, 0.3) is 22.0 Å². The lowest BCUT2D eigenvalue weighted by molar-refractivity contribution is 0.548.